The van der Waals surface area contributed by atoms with Crippen LogP contribution >= 0.6 is 0 Å². The predicted molar refractivity (Wildman–Crippen MR) is 94.4 cm³/mol. The van der Waals surface area contributed by atoms with Crippen molar-refractivity contribution in [3.05, 3.63) is 0 Å². The smallest absolute Gasteiger partial charge is 0.240 e. The molecule has 0 aromatic heterocycles. The number of hydrogen-bond donors (Lipinski definition) is 3. The fraction of sp³-hybridized carbons (Fsp3) is 0.706. The van der Waals surface area contributed by atoms with E-state index in [0.717, 1.165) is 0 Å². The minimum absolute atomic E-state index is 0.0159. The van der Waals surface area contributed by atoms with Crippen molar-refractivity contribution < 1.29 is 24.0 Å². The van der Waals surface area contributed by atoms with Crippen LogP contribution in [0.25, 0.3) is 0 Å². The van der Waals surface area contributed by atoms with Crippen molar-refractivity contribution in [2.24, 2.45) is 22.6 Å². The minimum Gasteiger partial charge on any atom is -0.370 e. The molecule has 1 atom stereocenters. The average molecular weight is 381 g/mol. The minimum atomic E-state index is -0.830. The van der Waals surface area contributed by atoms with Crippen molar-refractivity contribution in [3.63, 3.8) is 0 Å². The quantitative estimate of drug-likeness (QED) is 0.400. The molecule has 2 heterocycles. The maximum Gasteiger partial charge on any atom is 0.240 e. The number of primary amides is 3. The summed E-state index contributed by atoms with van der Waals surface area (Å²) < 4.78 is 0. The number of carbonyl (C=O) groups is 5. The van der Waals surface area contributed by atoms with Crippen molar-refractivity contribution in [2.75, 3.05) is 19.6 Å². The standard InChI is InChI=1S/C17H27N5O5/c18-12(23)2-1-3-14(25)21-8-6-17(7-9-21)10-22(16(17)27)11(15(20)26)4-5-13(19)24/h11H,1-10H2,(H2,18,23)(H2,19,24)(H2,20,26)/t11-/m0/s1. The topological polar surface area (TPSA) is 170 Å². The van der Waals surface area contributed by atoms with Gasteiger partial charge in [-0.25, -0.2) is 0 Å². The second kappa shape index (κ2) is 8.36. The number of β-lactam (4-membered cyclic amide) rings is 1. The van der Waals surface area contributed by atoms with Crippen LogP contribution in [0.1, 0.15) is 44.9 Å². The summed E-state index contributed by atoms with van der Waals surface area (Å²) in [6.07, 6.45) is 2.00. The van der Waals surface area contributed by atoms with Gasteiger partial charge in [-0.15, -0.1) is 0 Å². The number of hydrogen-bond acceptors (Lipinski definition) is 5. The Kier molecular flexibility index (Phi) is 6.40. The van der Waals surface area contributed by atoms with Crippen LogP contribution in [0.4, 0.5) is 0 Å². The van der Waals surface area contributed by atoms with Crippen LogP contribution in [0.2, 0.25) is 0 Å². The van der Waals surface area contributed by atoms with Crippen LogP contribution in [-0.4, -0.2) is 65.0 Å². The van der Waals surface area contributed by atoms with Crippen molar-refractivity contribution in [2.45, 2.75) is 51.0 Å². The number of amides is 5. The summed E-state index contributed by atoms with van der Waals surface area (Å²) in [5.41, 5.74) is 15.0. The number of carbonyl (C=O) groups excluding carboxylic acids is 5. The van der Waals surface area contributed by atoms with Crippen LogP contribution in [0, 0.1) is 5.41 Å². The highest BCUT2D eigenvalue weighted by molar-refractivity contribution is 5.94. The van der Waals surface area contributed by atoms with Crippen LogP contribution in [-0.2, 0) is 24.0 Å². The summed E-state index contributed by atoms with van der Waals surface area (Å²) in [4.78, 5) is 61.3. The van der Waals surface area contributed by atoms with E-state index < -0.39 is 29.2 Å². The van der Waals surface area contributed by atoms with Gasteiger partial charge in [0.15, 0.2) is 0 Å². The van der Waals surface area contributed by atoms with Gasteiger partial charge in [0.05, 0.1) is 5.41 Å². The molecule has 2 saturated heterocycles. The Morgan fingerprint density at radius 1 is 0.963 bits per heavy atom. The Balaban J connectivity index is 1.85. The molecule has 2 aliphatic heterocycles. The summed E-state index contributed by atoms with van der Waals surface area (Å²) in [7, 11) is 0. The lowest BCUT2D eigenvalue weighted by Crippen LogP contribution is -2.69. The first kappa shape index (κ1) is 20.7. The molecule has 0 aromatic rings. The average Bonchev–Trinajstić information content (AvgIpc) is 2.60. The molecule has 2 fully saturated rings. The Morgan fingerprint density at radius 2 is 1.56 bits per heavy atom. The fourth-order valence-electron chi connectivity index (χ4n) is 3.79. The summed E-state index contributed by atoms with van der Waals surface area (Å²) >= 11 is 0. The molecule has 0 aromatic carbocycles. The van der Waals surface area contributed by atoms with Crippen LogP contribution in [0.3, 0.4) is 0 Å². The van der Waals surface area contributed by atoms with Gasteiger partial charge in [0.25, 0.3) is 0 Å². The number of likely N-dealkylation sites (tertiary alicyclic amines) is 2. The Labute approximate surface area is 157 Å². The normalized spacial score (nSPS) is 19.5. The summed E-state index contributed by atoms with van der Waals surface area (Å²) in [6, 6.07) is -0.830. The van der Waals surface area contributed by atoms with Gasteiger partial charge in [-0.1, -0.05) is 0 Å². The van der Waals surface area contributed by atoms with Crippen LogP contribution < -0.4 is 17.2 Å². The number of rotatable bonds is 9. The number of piperidine rings is 1. The second-order valence-electron chi connectivity index (χ2n) is 7.34. The van der Waals surface area contributed by atoms with E-state index in [-0.39, 0.29) is 37.5 Å². The molecular formula is C17H27N5O5. The lowest BCUT2D eigenvalue weighted by Gasteiger charge is -2.54. The monoisotopic (exact) mass is 381 g/mol. The lowest BCUT2D eigenvalue weighted by molar-refractivity contribution is -0.173. The molecule has 0 bridgehead atoms. The summed E-state index contributed by atoms with van der Waals surface area (Å²) in [5, 5.41) is 0. The van der Waals surface area contributed by atoms with Gasteiger partial charge in [0.2, 0.25) is 29.5 Å². The molecule has 5 amide bonds. The van der Waals surface area contributed by atoms with E-state index in [4.69, 9.17) is 17.2 Å². The first-order valence-corrected chi connectivity index (χ1v) is 9.11. The molecule has 0 radical (unpaired) electrons. The molecule has 2 rings (SSSR count). The molecule has 0 saturated carbocycles. The summed E-state index contributed by atoms with van der Waals surface area (Å²) in [5.74, 6) is -1.84. The van der Waals surface area contributed by atoms with Crippen molar-refractivity contribution in [1.82, 2.24) is 9.80 Å². The zero-order valence-electron chi connectivity index (χ0n) is 15.3. The third-order valence-electron chi connectivity index (χ3n) is 5.44. The van der Waals surface area contributed by atoms with Crippen molar-refractivity contribution in [3.8, 4) is 0 Å². The molecule has 10 nitrogen and oxygen atoms in total. The Hall–Kier alpha value is -2.65. The van der Waals surface area contributed by atoms with Crippen LogP contribution in [0.15, 0.2) is 0 Å². The zero-order chi connectivity index (χ0) is 20.2. The molecule has 10 heteroatoms. The number of nitrogens with zero attached hydrogens (tertiary/aromatic N) is 2. The largest absolute Gasteiger partial charge is 0.370 e. The molecule has 2 aliphatic rings. The Morgan fingerprint density at radius 3 is 2.04 bits per heavy atom. The SMILES string of the molecule is NC(=O)CCCC(=O)N1CCC2(CC1)CN([C@@H](CCC(N)=O)C(N)=O)C2=O. The van der Waals surface area contributed by atoms with E-state index in [9.17, 15) is 24.0 Å². The molecule has 6 N–H and O–H groups in total. The van der Waals surface area contributed by atoms with Gasteiger partial charge < -0.3 is 27.0 Å². The van der Waals surface area contributed by atoms with Crippen LogP contribution in [0.5, 0.6) is 0 Å². The molecule has 27 heavy (non-hydrogen) atoms. The van der Waals surface area contributed by atoms with Gasteiger partial charge in [-0.3, -0.25) is 24.0 Å². The van der Waals surface area contributed by atoms with E-state index in [1.54, 1.807) is 4.90 Å². The Bertz CT molecular complexity index is 642. The number of nitrogens with two attached hydrogens (primary N) is 3. The molecule has 1 spiro atoms. The first-order valence-electron chi connectivity index (χ1n) is 9.11. The van der Waals surface area contributed by atoms with Crippen molar-refractivity contribution >= 4 is 29.5 Å². The molecule has 0 unspecified atom stereocenters. The maximum atomic E-state index is 12.7. The van der Waals surface area contributed by atoms with Gasteiger partial charge in [-0.05, 0) is 25.7 Å². The van der Waals surface area contributed by atoms with Gasteiger partial charge in [0.1, 0.15) is 6.04 Å². The van der Waals surface area contributed by atoms with E-state index in [1.807, 2.05) is 0 Å². The maximum absolute atomic E-state index is 12.7. The lowest BCUT2D eigenvalue weighted by atomic mass is 9.70. The van der Waals surface area contributed by atoms with Gasteiger partial charge in [0, 0.05) is 38.9 Å². The third-order valence-corrected chi connectivity index (χ3v) is 5.44. The van der Waals surface area contributed by atoms with E-state index >= 15 is 0 Å². The molecular weight excluding hydrogens is 354 g/mol. The van der Waals surface area contributed by atoms with E-state index in [2.05, 4.69) is 0 Å². The highest BCUT2D eigenvalue weighted by Crippen LogP contribution is 2.43. The first-order chi connectivity index (χ1) is 12.7. The van der Waals surface area contributed by atoms with Gasteiger partial charge >= 0.3 is 0 Å². The summed E-state index contributed by atoms with van der Waals surface area (Å²) in [6.45, 7) is 1.30. The molecule has 150 valence electrons. The fourth-order valence-corrected chi connectivity index (χ4v) is 3.79. The van der Waals surface area contributed by atoms with Gasteiger partial charge in [-0.2, -0.15) is 0 Å². The van der Waals surface area contributed by atoms with E-state index in [1.165, 1.54) is 4.90 Å². The highest BCUT2D eigenvalue weighted by atomic mass is 16.2. The molecule has 0 aliphatic carbocycles. The highest BCUT2D eigenvalue weighted by Gasteiger charge is 2.55. The van der Waals surface area contributed by atoms with E-state index in [0.29, 0.717) is 38.9 Å². The van der Waals surface area contributed by atoms with Crippen molar-refractivity contribution in [1.29, 1.82) is 0 Å². The predicted octanol–water partition coefficient (Wildman–Crippen LogP) is -1.79. The third kappa shape index (κ3) is 4.75. The zero-order valence-corrected chi connectivity index (χ0v) is 15.3. The second-order valence-corrected chi connectivity index (χ2v) is 7.34.